The molecule has 0 aromatic carbocycles. The first-order chi connectivity index (χ1) is 8.79. The average Bonchev–Trinajstić information content (AvgIpc) is 2.98. The molecule has 4 N–H and O–H groups in total. The summed E-state index contributed by atoms with van der Waals surface area (Å²) in [6.45, 7) is 2.44. The number of piperidine rings is 1. The van der Waals surface area contributed by atoms with Gasteiger partial charge in [0.25, 0.3) is 0 Å². The van der Waals surface area contributed by atoms with Crippen molar-refractivity contribution in [1.82, 2.24) is 19.8 Å². The Morgan fingerprint density at radius 1 is 1.61 bits per heavy atom. The Hall–Kier alpha value is -1.25. The molecule has 7 nitrogen and oxygen atoms in total. The van der Waals surface area contributed by atoms with E-state index < -0.39 is 0 Å². The second-order valence-corrected chi connectivity index (χ2v) is 5.48. The maximum absolute atomic E-state index is 11.7. The first-order valence-electron chi connectivity index (χ1n) is 6.09. The molecule has 1 aromatic heterocycles. The number of likely N-dealkylation sites (tertiary alicyclic amines) is 1. The van der Waals surface area contributed by atoms with Crippen LogP contribution in [0.25, 0.3) is 0 Å². The van der Waals surface area contributed by atoms with Crippen molar-refractivity contribution < 1.29 is 4.79 Å². The van der Waals surface area contributed by atoms with Crippen LogP contribution in [-0.4, -0.2) is 39.5 Å². The van der Waals surface area contributed by atoms with Gasteiger partial charge in [0.05, 0.1) is 5.92 Å². The van der Waals surface area contributed by atoms with Gasteiger partial charge in [0.15, 0.2) is 0 Å². The molecular weight excluding hydrogens is 252 g/mol. The highest BCUT2D eigenvalue weighted by atomic mass is 32.1. The molecule has 1 amide bonds. The average molecular weight is 268 g/mol. The van der Waals surface area contributed by atoms with Gasteiger partial charge in [-0.15, -0.1) is 5.10 Å². The highest BCUT2D eigenvalue weighted by molar-refractivity contribution is 7.10. The van der Waals surface area contributed by atoms with E-state index in [9.17, 15) is 4.79 Å². The number of nitrogen functional groups attached to an aromatic ring is 1. The number of nitrogens with zero attached hydrogens (tertiary/aromatic N) is 3. The summed E-state index contributed by atoms with van der Waals surface area (Å²) in [5.74, 6) is 5.76. The van der Waals surface area contributed by atoms with E-state index in [1.165, 1.54) is 11.5 Å². The SMILES string of the molecule is NNc1snnc1CN1CCCC2C(=O)NCC21. The van der Waals surface area contributed by atoms with Crippen LogP contribution in [-0.2, 0) is 11.3 Å². The van der Waals surface area contributed by atoms with Crippen molar-refractivity contribution in [2.24, 2.45) is 11.8 Å². The van der Waals surface area contributed by atoms with Crippen LogP contribution < -0.4 is 16.6 Å². The highest BCUT2D eigenvalue weighted by Crippen LogP contribution is 2.29. The van der Waals surface area contributed by atoms with Crippen LogP contribution in [0.3, 0.4) is 0 Å². The summed E-state index contributed by atoms with van der Waals surface area (Å²) in [4.78, 5) is 14.0. The smallest absolute Gasteiger partial charge is 0.224 e. The summed E-state index contributed by atoms with van der Waals surface area (Å²) in [6, 6.07) is 0.290. The normalized spacial score (nSPS) is 27.9. The number of anilines is 1. The first-order valence-corrected chi connectivity index (χ1v) is 6.86. The number of hydrazine groups is 1. The van der Waals surface area contributed by atoms with E-state index in [1.54, 1.807) is 0 Å². The minimum absolute atomic E-state index is 0.139. The molecule has 0 spiro atoms. The van der Waals surface area contributed by atoms with Gasteiger partial charge in [-0.1, -0.05) is 4.49 Å². The zero-order chi connectivity index (χ0) is 12.5. The number of hydrogen-bond donors (Lipinski definition) is 3. The fraction of sp³-hybridized carbons (Fsp3) is 0.700. The Labute approximate surface area is 109 Å². The highest BCUT2D eigenvalue weighted by Gasteiger charge is 2.40. The van der Waals surface area contributed by atoms with Gasteiger partial charge in [-0.2, -0.15) is 0 Å². The molecule has 3 heterocycles. The lowest BCUT2D eigenvalue weighted by Crippen LogP contribution is -2.45. The fourth-order valence-electron chi connectivity index (χ4n) is 2.85. The van der Waals surface area contributed by atoms with E-state index in [1.807, 2.05) is 0 Å². The topological polar surface area (TPSA) is 96.2 Å². The monoisotopic (exact) mass is 268 g/mol. The van der Waals surface area contributed by atoms with Crippen molar-refractivity contribution in [1.29, 1.82) is 0 Å². The molecule has 0 radical (unpaired) electrons. The number of carbonyl (C=O) groups is 1. The van der Waals surface area contributed by atoms with Gasteiger partial charge >= 0.3 is 0 Å². The van der Waals surface area contributed by atoms with E-state index in [0.29, 0.717) is 12.6 Å². The third-order valence-corrected chi connectivity index (χ3v) is 4.46. The van der Waals surface area contributed by atoms with Crippen LogP contribution in [0.1, 0.15) is 18.5 Å². The zero-order valence-electron chi connectivity index (χ0n) is 9.93. The minimum Gasteiger partial charge on any atom is -0.354 e. The lowest BCUT2D eigenvalue weighted by Gasteiger charge is -2.35. The molecule has 8 heteroatoms. The van der Waals surface area contributed by atoms with E-state index in [4.69, 9.17) is 5.84 Å². The number of hydrogen-bond acceptors (Lipinski definition) is 7. The third-order valence-electron chi connectivity index (χ3n) is 3.76. The number of rotatable bonds is 3. The van der Waals surface area contributed by atoms with Crippen LogP contribution in [0, 0.1) is 5.92 Å². The molecule has 98 valence electrons. The van der Waals surface area contributed by atoms with Crippen molar-refractivity contribution in [2.75, 3.05) is 18.5 Å². The van der Waals surface area contributed by atoms with E-state index in [-0.39, 0.29) is 11.8 Å². The molecule has 1 aromatic rings. The summed E-state index contributed by atoms with van der Waals surface area (Å²) in [7, 11) is 0. The maximum atomic E-state index is 11.7. The van der Waals surface area contributed by atoms with Crippen molar-refractivity contribution in [2.45, 2.75) is 25.4 Å². The molecule has 3 rings (SSSR count). The van der Waals surface area contributed by atoms with Gasteiger partial charge in [0.1, 0.15) is 10.7 Å². The fourth-order valence-corrected chi connectivity index (χ4v) is 3.34. The zero-order valence-corrected chi connectivity index (χ0v) is 10.7. The molecule has 18 heavy (non-hydrogen) atoms. The predicted molar refractivity (Wildman–Crippen MR) is 67.7 cm³/mol. The first kappa shape index (κ1) is 11.8. The van der Waals surface area contributed by atoms with Gasteiger partial charge in [0, 0.05) is 30.7 Å². The number of carbonyl (C=O) groups excluding carboxylic acids is 1. The second kappa shape index (κ2) is 4.79. The van der Waals surface area contributed by atoms with E-state index in [0.717, 1.165) is 36.6 Å². The van der Waals surface area contributed by atoms with Crippen LogP contribution in [0.15, 0.2) is 0 Å². The van der Waals surface area contributed by atoms with Crippen molar-refractivity contribution in [3.8, 4) is 0 Å². The van der Waals surface area contributed by atoms with Crippen LogP contribution in [0.4, 0.5) is 5.00 Å². The number of nitrogens with one attached hydrogen (secondary N) is 2. The summed E-state index contributed by atoms with van der Waals surface area (Å²) >= 11 is 1.26. The molecule has 2 fully saturated rings. The number of aromatic nitrogens is 2. The Morgan fingerprint density at radius 2 is 2.50 bits per heavy atom. The lowest BCUT2D eigenvalue weighted by molar-refractivity contribution is -0.124. The second-order valence-electron chi connectivity index (χ2n) is 4.72. The van der Waals surface area contributed by atoms with Crippen LogP contribution in [0.2, 0.25) is 0 Å². The molecule has 0 aliphatic carbocycles. The quantitative estimate of drug-likeness (QED) is 0.507. The van der Waals surface area contributed by atoms with Crippen molar-refractivity contribution in [3.63, 3.8) is 0 Å². The molecule has 2 unspecified atom stereocenters. The number of amides is 1. The van der Waals surface area contributed by atoms with Crippen LogP contribution in [0.5, 0.6) is 0 Å². The Balaban J connectivity index is 1.74. The van der Waals surface area contributed by atoms with Gasteiger partial charge < -0.3 is 10.7 Å². The van der Waals surface area contributed by atoms with E-state index in [2.05, 4.69) is 25.2 Å². The van der Waals surface area contributed by atoms with Crippen LogP contribution >= 0.6 is 11.5 Å². The minimum atomic E-state index is 0.139. The standard InChI is InChI=1S/C10H16N6OS/c11-13-10-7(14-15-18-10)5-16-3-1-2-6-8(16)4-12-9(6)17/h6,8,13H,1-5,11H2,(H,12,17). The number of nitrogens with two attached hydrogens (primary N) is 1. The van der Waals surface area contributed by atoms with Gasteiger partial charge in [-0.3, -0.25) is 9.69 Å². The van der Waals surface area contributed by atoms with Crippen molar-refractivity contribution in [3.05, 3.63) is 5.69 Å². The molecule has 2 aliphatic rings. The van der Waals surface area contributed by atoms with Crippen molar-refractivity contribution >= 4 is 22.4 Å². The lowest BCUT2D eigenvalue weighted by atomic mass is 9.91. The maximum Gasteiger partial charge on any atom is 0.224 e. The molecular formula is C10H16N6OS. The molecule has 0 bridgehead atoms. The summed E-state index contributed by atoms with van der Waals surface area (Å²) in [5, 5.41) is 7.84. The third kappa shape index (κ3) is 1.96. The summed E-state index contributed by atoms with van der Waals surface area (Å²) in [5.41, 5.74) is 3.48. The Morgan fingerprint density at radius 3 is 3.33 bits per heavy atom. The predicted octanol–water partition coefficient (Wildman–Crippen LogP) is -0.466. The summed E-state index contributed by atoms with van der Waals surface area (Å²) in [6.07, 6.45) is 2.04. The molecule has 0 saturated carbocycles. The van der Waals surface area contributed by atoms with Gasteiger partial charge in [-0.05, 0) is 19.4 Å². The summed E-state index contributed by atoms with van der Waals surface area (Å²) < 4.78 is 3.90. The molecule has 2 saturated heterocycles. The molecule has 2 aliphatic heterocycles. The Kier molecular flexibility index (Phi) is 3.14. The van der Waals surface area contributed by atoms with E-state index >= 15 is 0 Å². The Bertz CT molecular complexity index is 449. The van der Waals surface area contributed by atoms with Gasteiger partial charge in [-0.25, -0.2) is 5.84 Å². The molecule has 2 atom stereocenters. The van der Waals surface area contributed by atoms with Gasteiger partial charge in [0.2, 0.25) is 5.91 Å². The number of fused-ring (bicyclic) bond motifs is 1. The largest absolute Gasteiger partial charge is 0.354 e.